The van der Waals surface area contributed by atoms with Gasteiger partial charge in [0.15, 0.2) is 5.60 Å². The van der Waals surface area contributed by atoms with Crippen molar-refractivity contribution in [1.82, 2.24) is 5.32 Å². The van der Waals surface area contributed by atoms with Crippen LogP contribution in [0.2, 0.25) is 10.0 Å². The van der Waals surface area contributed by atoms with Gasteiger partial charge in [-0.2, -0.15) is 0 Å². The highest BCUT2D eigenvalue weighted by molar-refractivity contribution is 6.42. The maximum absolute atomic E-state index is 13.1. The van der Waals surface area contributed by atoms with Crippen LogP contribution in [0.15, 0.2) is 55.1 Å². The number of hydrogen-bond acceptors (Lipinski definition) is 4. The van der Waals surface area contributed by atoms with E-state index < -0.39 is 11.0 Å². The molecule has 198 valence electrons. The highest BCUT2D eigenvalue weighted by atomic mass is 35.5. The molecule has 4 atom stereocenters. The minimum atomic E-state index is -0.770. The van der Waals surface area contributed by atoms with Crippen molar-refractivity contribution in [3.05, 3.63) is 76.3 Å². The number of carbonyl (C=O) groups excluding carboxylic acids is 2. The first-order valence-electron chi connectivity index (χ1n) is 12.7. The molecule has 2 aliphatic rings. The quantitative estimate of drug-likeness (QED) is 0.285. The average Bonchev–Trinajstić information content (AvgIpc) is 2.81. The lowest BCUT2D eigenvalue weighted by molar-refractivity contribution is -0.917. The van der Waals surface area contributed by atoms with Crippen LogP contribution < -0.4 is 5.32 Å². The second-order valence-electron chi connectivity index (χ2n) is 10.9. The van der Waals surface area contributed by atoms with E-state index in [0.29, 0.717) is 40.3 Å². The molecule has 1 saturated carbocycles. The summed E-state index contributed by atoms with van der Waals surface area (Å²) in [4.78, 5) is 25.5. The average molecular weight is 547 g/mol. The third-order valence-corrected chi connectivity index (χ3v) is 8.84. The van der Waals surface area contributed by atoms with Gasteiger partial charge < -0.3 is 19.6 Å². The minimum absolute atomic E-state index is 0.0995. The summed E-state index contributed by atoms with van der Waals surface area (Å²) in [5.74, 6) is -0.250. The van der Waals surface area contributed by atoms with Crippen molar-refractivity contribution < 1.29 is 23.9 Å². The van der Waals surface area contributed by atoms with E-state index in [1.54, 1.807) is 30.3 Å². The highest BCUT2D eigenvalue weighted by Crippen LogP contribution is 2.55. The van der Waals surface area contributed by atoms with E-state index in [2.05, 4.69) is 18.9 Å². The predicted octanol–water partition coefficient (Wildman–Crippen LogP) is 5.19. The number of fused-ring (bicyclic) bond motifs is 1. The molecule has 0 radical (unpaired) electrons. The number of amides is 1. The Morgan fingerprint density at radius 2 is 2.00 bits per heavy atom. The summed E-state index contributed by atoms with van der Waals surface area (Å²) in [7, 11) is 2.17. The van der Waals surface area contributed by atoms with Gasteiger partial charge in [-0.3, -0.25) is 9.59 Å². The molecule has 1 amide bonds. The number of hydrogen-bond donors (Lipinski definition) is 2. The van der Waals surface area contributed by atoms with E-state index in [1.165, 1.54) is 6.92 Å². The van der Waals surface area contributed by atoms with Crippen molar-refractivity contribution in [3.63, 3.8) is 0 Å². The Labute approximate surface area is 228 Å². The summed E-state index contributed by atoms with van der Waals surface area (Å²) in [6.07, 6.45) is 4.73. The van der Waals surface area contributed by atoms with Crippen molar-refractivity contribution in [1.29, 1.82) is 0 Å². The number of phenols is 1. The highest BCUT2D eigenvalue weighted by Gasteiger charge is 2.64. The van der Waals surface area contributed by atoms with Gasteiger partial charge in [-0.1, -0.05) is 48.0 Å². The minimum Gasteiger partial charge on any atom is -0.508 e. The van der Waals surface area contributed by atoms with Crippen LogP contribution in [0.5, 0.6) is 5.75 Å². The maximum atomic E-state index is 13.1. The predicted molar refractivity (Wildman–Crippen MR) is 146 cm³/mol. The number of rotatable bonds is 7. The molecule has 1 saturated heterocycles. The molecule has 0 spiro atoms. The smallest absolute Gasteiger partial charge is 0.303 e. The fourth-order valence-corrected chi connectivity index (χ4v) is 6.88. The molecule has 2 aromatic carbocycles. The number of nitrogens with zero attached hydrogens (tertiary/aromatic N) is 1. The van der Waals surface area contributed by atoms with Gasteiger partial charge in [0.2, 0.25) is 5.91 Å². The normalized spacial score (nSPS) is 29.1. The number of likely N-dealkylation sites (N-methyl/N-ethyl adjacent to an activating group) is 1. The van der Waals surface area contributed by atoms with E-state index in [-0.39, 0.29) is 30.1 Å². The second kappa shape index (κ2) is 10.7. The standard InChI is InChI=1S/C29H34Cl2N2O4/c1-4-13-33(3)14-12-28(22-6-5-7-24(35)17-22)18-23(10-11-29(28,19-33)37-20(2)34)32-27(36)16-21-8-9-25(30)26(31)15-21/h4-9,15,17,23H,1,10-14,16,18-19H2,2-3H3,(H-,32,35,36)/p+1/t23-,28+,29?,33+/m1/s1. The first-order valence-corrected chi connectivity index (χ1v) is 13.4. The van der Waals surface area contributed by atoms with Crippen LogP contribution in [0, 0.1) is 0 Å². The number of nitrogens with one attached hydrogen (secondary N) is 1. The van der Waals surface area contributed by atoms with Crippen LogP contribution in [0.3, 0.4) is 0 Å². The van der Waals surface area contributed by atoms with Gasteiger partial charge in [0.1, 0.15) is 12.3 Å². The molecule has 2 aromatic rings. The van der Waals surface area contributed by atoms with Crippen molar-refractivity contribution in [2.45, 2.75) is 56.1 Å². The van der Waals surface area contributed by atoms with E-state index in [9.17, 15) is 14.7 Å². The van der Waals surface area contributed by atoms with Gasteiger partial charge in [-0.05, 0) is 60.7 Å². The van der Waals surface area contributed by atoms with Crippen molar-refractivity contribution >= 4 is 35.1 Å². The summed E-state index contributed by atoms with van der Waals surface area (Å²) >= 11 is 12.2. The van der Waals surface area contributed by atoms with Gasteiger partial charge in [-0.15, -0.1) is 0 Å². The molecular formula is C29H35Cl2N2O4+. The van der Waals surface area contributed by atoms with Gasteiger partial charge in [0.05, 0.1) is 36.6 Å². The number of benzene rings is 2. The number of carbonyl (C=O) groups is 2. The Hall–Kier alpha value is -2.54. The number of phenolic OH excluding ortho intramolecular Hbond substituents is 1. The Morgan fingerprint density at radius 1 is 1.22 bits per heavy atom. The van der Waals surface area contributed by atoms with Gasteiger partial charge in [0, 0.05) is 24.8 Å². The maximum Gasteiger partial charge on any atom is 0.303 e. The molecule has 0 bridgehead atoms. The monoisotopic (exact) mass is 545 g/mol. The zero-order valence-corrected chi connectivity index (χ0v) is 22.9. The number of esters is 1. The van der Waals surface area contributed by atoms with Crippen LogP contribution in [-0.2, 0) is 26.2 Å². The number of aromatic hydroxyl groups is 1. The van der Waals surface area contributed by atoms with Gasteiger partial charge in [-0.25, -0.2) is 0 Å². The Morgan fingerprint density at radius 3 is 2.68 bits per heavy atom. The third kappa shape index (κ3) is 5.66. The summed E-state index contributed by atoms with van der Waals surface area (Å²) < 4.78 is 7.00. The van der Waals surface area contributed by atoms with Crippen LogP contribution >= 0.6 is 23.2 Å². The summed E-state index contributed by atoms with van der Waals surface area (Å²) in [5, 5.41) is 14.5. The zero-order valence-electron chi connectivity index (χ0n) is 21.4. The molecule has 4 rings (SSSR count). The molecule has 1 unspecified atom stereocenters. The van der Waals surface area contributed by atoms with E-state index in [0.717, 1.165) is 30.6 Å². The number of piperidine rings is 1. The van der Waals surface area contributed by atoms with Gasteiger partial charge in [0.25, 0.3) is 0 Å². The Kier molecular flexibility index (Phi) is 7.93. The number of halogens is 2. The topological polar surface area (TPSA) is 75.6 Å². The van der Waals surface area contributed by atoms with Crippen LogP contribution in [0.25, 0.3) is 0 Å². The second-order valence-corrected chi connectivity index (χ2v) is 11.7. The number of ether oxygens (including phenoxy) is 1. The Bertz CT molecular complexity index is 1200. The third-order valence-electron chi connectivity index (χ3n) is 8.10. The molecule has 2 N–H and O–H groups in total. The molecular weight excluding hydrogens is 511 g/mol. The lowest BCUT2D eigenvalue weighted by Crippen LogP contribution is -2.72. The molecule has 6 nitrogen and oxygen atoms in total. The van der Waals surface area contributed by atoms with Crippen LogP contribution in [0.4, 0.5) is 0 Å². The van der Waals surface area contributed by atoms with Crippen molar-refractivity contribution in [3.8, 4) is 5.75 Å². The first kappa shape index (κ1) is 27.5. The largest absolute Gasteiger partial charge is 0.508 e. The Balaban J connectivity index is 1.66. The molecule has 37 heavy (non-hydrogen) atoms. The molecule has 1 heterocycles. The summed E-state index contributed by atoms with van der Waals surface area (Å²) in [6.45, 7) is 7.66. The number of quaternary nitrogens is 1. The molecule has 0 aromatic heterocycles. The van der Waals surface area contributed by atoms with Crippen molar-refractivity contribution in [2.75, 3.05) is 26.7 Å². The fraction of sp³-hybridized carbons (Fsp3) is 0.448. The molecule has 1 aliphatic carbocycles. The summed E-state index contributed by atoms with van der Waals surface area (Å²) in [6, 6.07) is 12.3. The van der Waals surface area contributed by atoms with Crippen molar-refractivity contribution in [2.24, 2.45) is 0 Å². The fourth-order valence-electron chi connectivity index (χ4n) is 6.56. The lowest BCUT2D eigenvalue weighted by Gasteiger charge is -2.60. The number of likely N-dealkylation sites (tertiary alicyclic amines) is 1. The van der Waals surface area contributed by atoms with Crippen LogP contribution in [0.1, 0.15) is 43.7 Å². The molecule has 2 fully saturated rings. The molecule has 1 aliphatic heterocycles. The van der Waals surface area contributed by atoms with E-state index >= 15 is 0 Å². The first-order chi connectivity index (χ1) is 17.5. The van der Waals surface area contributed by atoms with E-state index in [4.69, 9.17) is 27.9 Å². The lowest BCUT2D eigenvalue weighted by atomic mass is 9.54. The zero-order chi connectivity index (χ0) is 26.8. The van der Waals surface area contributed by atoms with Crippen LogP contribution in [-0.4, -0.2) is 59.8 Å². The van der Waals surface area contributed by atoms with E-state index in [1.807, 2.05) is 18.2 Å². The molecule has 8 heteroatoms. The summed E-state index contributed by atoms with van der Waals surface area (Å²) in [5.41, 5.74) is 0.390. The SMILES string of the molecule is C=CC[N@@+]1(C)CC[C@@]2(c3cccc(O)c3)C[C@H](NC(=O)Cc3ccc(Cl)c(Cl)c3)CCC2(OC(C)=O)C1. The van der Waals surface area contributed by atoms with Gasteiger partial charge >= 0.3 is 5.97 Å².